The summed E-state index contributed by atoms with van der Waals surface area (Å²) in [6.45, 7) is 0.158. The summed E-state index contributed by atoms with van der Waals surface area (Å²) in [5.41, 5.74) is 3.42. The second kappa shape index (κ2) is 7.66. The van der Waals surface area contributed by atoms with Crippen LogP contribution in [0.3, 0.4) is 0 Å². The van der Waals surface area contributed by atoms with Crippen LogP contribution in [0.1, 0.15) is 0 Å². The second-order valence-electron chi connectivity index (χ2n) is 7.66. The van der Waals surface area contributed by atoms with Crippen LogP contribution in [0.5, 0.6) is 0 Å². The van der Waals surface area contributed by atoms with Gasteiger partial charge < -0.3 is 10.3 Å². The molecule has 0 atom stereocenters. The average Bonchev–Trinajstić information content (AvgIpc) is 3.53. The van der Waals surface area contributed by atoms with Gasteiger partial charge in [-0.2, -0.15) is 0 Å². The second-order valence-corrected chi connectivity index (χ2v) is 7.66. The number of aromatic nitrogens is 7. The fourth-order valence-corrected chi connectivity index (χ4v) is 4.02. The number of hydrogen-bond donors (Lipinski definition) is 3. The predicted molar refractivity (Wildman–Crippen MR) is 123 cm³/mol. The first kappa shape index (κ1) is 19.9. The summed E-state index contributed by atoms with van der Waals surface area (Å²) in [6, 6.07) is 15.8. The minimum Gasteiger partial charge on any atom is -0.351 e. The Hall–Kier alpha value is -4.80. The van der Waals surface area contributed by atoms with E-state index < -0.39 is 17.3 Å². The molecule has 6 aromatic rings. The molecule has 6 rings (SSSR count). The zero-order valence-electron chi connectivity index (χ0n) is 17.5. The van der Waals surface area contributed by atoms with Crippen molar-refractivity contribution in [2.24, 2.45) is 0 Å². The van der Waals surface area contributed by atoms with Crippen LogP contribution >= 0.6 is 0 Å². The highest BCUT2D eigenvalue weighted by Crippen LogP contribution is 2.30. The summed E-state index contributed by atoms with van der Waals surface area (Å²) in [7, 11) is 0. The summed E-state index contributed by atoms with van der Waals surface area (Å²) in [5.74, 6) is -1.24. The SMILES string of the molecule is O=c1[nH]c(NCn2nnc3ccccc32)c(-c2cc(F)cc(F)c2)n1-c1ccc2nc[nH]c2c1. The molecule has 0 aliphatic heterocycles. The summed E-state index contributed by atoms with van der Waals surface area (Å²) in [4.78, 5) is 23.0. The molecule has 0 spiro atoms. The predicted octanol–water partition coefficient (Wildman–Crippen LogP) is 3.80. The van der Waals surface area contributed by atoms with Crippen LogP contribution in [0.25, 0.3) is 39.0 Å². The number of imidazole rings is 2. The lowest BCUT2D eigenvalue weighted by molar-refractivity contribution is 0.584. The molecule has 3 heterocycles. The van der Waals surface area contributed by atoms with E-state index in [2.05, 4.69) is 30.6 Å². The molecule has 0 radical (unpaired) electrons. The third-order valence-electron chi connectivity index (χ3n) is 5.52. The van der Waals surface area contributed by atoms with Crippen molar-refractivity contribution in [3.63, 3.8) is 0 Å². The average molecular weight is 458 g/mol. The summed E-state index contributed by atoms with van der Waals surface area (Å²) < 4.78 is 31.3. The molecule has 3 aromatic carbocycles. The minimum atomic E-state index is -0.757. The number of para-hydroxylation sites is 1. The molecule has 0 aliphatic carbocycles. The van der Waals surface area contributed by atoms with Gasteiger partial charge in [-0.3, -0.25) is 9.55 Å². The van der Waals surface area contributed by atoms with E-state index in [0.29, 0.717) is 11.2 Å². The van der Waals surface area contributed by atoms with Crippen LogP contribution in [0.15, 0.2) is 71.8 Å². The Morgan fingerprint density at radius 1 is 0.971 bits per heavy atom. The van der Waals surface area contributed by atoms with E-state index in [0.717, 1.165) is 22.6 Å². The number of benzene rings is 3. The van der Waals surface area contributed by atoms with Crippen molar-refractivity contribution in [3.8, 4) is 16.9 Å². The van der Waals surface area contributed by atoms with Crippen molar-refractivity contribution in [3.05, 3.63) is 89.1 Å². The van der Waals surface area contributed by atoms with Gasteiger partial charge in [-0.1, -0.05) is 17.3 Å². The standard InChI is InChI=1S/C23H16F2N8O/c24-14-7-13(8-15(25)9-14)21-22(28-12-32-20-4-2-1-3-18(20)30-31-32)29-23(34)33(21)16-5-6-17-19(10-16)27-11-26-17/h1-11,28H,12H2,(H,26,27)(H,29,34). The lowest BCUT2D eigenvalue weighted by Crippen LogP contribution is -2.15. The largest absolute Gasteiger partial charge is 0.351 e. The van der Waals surface area contributed by atoms with Gasteiger partial charge in [-0.15, -0.1) is 5.10 Å². The molecule has 11 heteroatoms. The first-order valence-electron chi connectivity index (χ1n) is 10.3. The van der Waals surface area contributed by atoms with E-state index in [-0.39, 0.29) is 23.7 Å². The van der Waals surface area contributed by atoms with Crippen LogP contribution in [-0.4, -0.2) is 34.5 Å². The maximum atomic E-state index is 14.1. The maximum absolute atomic E-state index is 14.1. The van der Waals surface area contributed by atoms with Gasteiger partial charge in [0.25, 0.3) is 0 Å². The lowest BCUT2D eigenvalue weighted by atomic mass is 10.1. The van der Waals surface area contributed by atoms with E-state index in [1.165, 1.54) is 16.7 Å². The minimum absolute atomic E-state index is 0.158. The van der Waals surface area contributed by atoms with Crippen LogP contribution in [0.4, 0.5) is 14.6 Å². The third-order valence-corrected chi connectivity index (χ3v) is 5.52. The molecule has 0 fully saturated rings. The fraction of sp³-hybridized carbons (Fsp3) is 0.0435. The first-order valence-corrected chi connectivity index (χ1v) is 10.3. The molecule has 0 saturated heterocycles. The van der Waals surface area contributed by atoms with Crippen molar-refractivity contribution in [1.29, 1.82) is 0 Å². The molecular weight excluding hydrogens is 442 g/mol. The molecule has 3 aromatic heterocycles. The monoisotopic (exact) mass is 458 g/mol. The Kier molecular flexibility index (Phi) is 4.47. The van der Waals surface area contributed by atoms with Crippen molar-refractivity contribution in [1.82, 2.24) is 34.5 Å². The quantitative estimate of drug-likeness (QED) is 0.364. The Balaban J connectivity index is 1.49. The number of H-pyrrole nitrogens is 2. The zero-order chi connectivity index (χ0) is 23.2. The molecule has 168 valence electrons. The summed E-state index contributed by atoms with van der Waals surface area (Å²) in [6.07, 6.45) is 1.55. The Labute approximate surface area is 189 Å². The molecule has 3 N–H and O–H groups in total. The highest BCUT2D eigenvalue weighted by molar-refractivity contribution is 5.80. The van der Waals surface area contributed by atoms with E-state index in [9.17, 15) is 13.6 Å². The summed E-state index contributed by atoms with van der Waals surface area (Å²) >= 11 is 0. The first-order chi connectivity index (χ1) is 16.6. The third kappa shape index (κ3) is 3.30. The number of halogens is 2. The van der Waals surface area contributed by atoms with Crippen LogP contribution < -0.4 is 11.0 Å². The van der Waals surface area contributed by atoms with E-state index >= 15 is 0 Å². The molecule has 0 unspecified atom stereocenters. The fourth-order valence-electron chi connectivity index (χ4n) is 4.02. The number of rotatable bonds is 5. The number of hydrogen-bond acceptors (Lipinski definition) is 5. The molecule has 0 aliphatic rings. The number of nitrogens with zero attached hydrogens (tertiary/aromatic N) is 5. The van der Waals surface area contributed by atoms with E-state index in [4.69, 9.17) is 0 Å². The zero-order valence-corrected chi connectivity index (χ0v) is 17.5. The number of nitrogens with one attached hydrogen (secondary N) is 3. The van der Waals surface area contributed by atoms with Crippen LogP contribution in [0.2, 0.25) is 0 Å². The van der Waals surface area contributed by atoms with Gasteiger partial charge in [-0.05, 0) is 42.5 Å². The molecular formula is C23H16F2N8O. The van der Waals surface area contributed by atoms with Crippen LogP contribution in [0, 0.1) is 11.6 Å². The number of fused-ring (bicyclic) bond motifs is 2. The van der Waals surface area contributed by atoms with Crippen molar-refractivity contribution < 1.29 is 8.78 Å². The molecule has 34 heavy (non-hydrogen) atoms. The topological polar surface area (TPSA) is 109 Å². The van der Waals surface area contributed by atoms with Gasteiger partial charge in [0, 0.05) is 11.6 Å². The number of aromatic amines is 2. The molecule has 0 saturated carbocycles. The van der Waals surface area contributed by atoms with Gasteiger partial charge in [0.15, 0.2) is 0 Å². The van der Waals surface area contributed by atoms with Crippen molar-refractivity contribution in [2.45, 2.75) is 6.67 Å². The smallest absolute Gasteiger partial charge is 0.332 e. The van der Waals surface area contributed by atoms with Crippen molar-refractivity contribution >= 4 is 27.9 Å². The lowest BCUT2D eigenvalue weighted by Gasteiger charge is -2.12. The van der Waals surface area contributed by atoms with Crippen LogP contribution in [-0.2, 0) is 6.67 Å². The molecule has 0 bridgehead atoms. The number of anilines is 1. The van der Waals surface area contributed by atoms with E-state index in [1.807, 2.05) is 24.3 Å². The Morgan fingerprint density at radius 3 is 2.65 bits per heavy atom. The normalized spacial score (nSPS) is 11.5. The Bertz CT molecular complexity index is 1710. The Morgan fingerprint density at radius 2 is 1.79 bits per heavy atom. The van der Waals surface area contributed by atoms with Gasteiger partial charge in [-0.25, -0.2) is 23.2 Å². The molecule has 9 nitrogen and oxygen atoms in total. The molecule has 0 amide bonds. The van der Waals surface area contributed by atoms with E-state index in [1.54, 1.807) is 29.2 Å². The van der Waals surface area contributed by atoms with Gasteiger partial charge in [0.2, 0.25) is 0 Å². The van der Waals surface area contributed by atoms with Gasteiger partial charge in [0.1, 0.15) is 29.6 Å². The van der Waals surface area contributed by atoms with Gasteiger partial charge >= 0.3 is 5.69 Å². The van der Waals surface area contributed by atoms with Gasteiger partial charge in [0.05, 0.1) is 34.3 Å². The highest BCUT2D eigenvalue weighted by Gasteiger charge is 2.20. The summed E-state index contributed by atoms with van der Waals surface area (Å²) in [5, 5.41) is 11.4. The maximum Gasteiger partial charge on any atom is 0.332 e. The van der Waals surface area contributed by atoms with Crippen molar-refractivity contribution in [2.75, 3.05) is 5.32 Å². The highest BCUT2D eigenvalue weighted by atomic mass is 19.1.